The van der Waals surface area contributed by atoms with Crippen LogP contribution in [0.4, 0.5) is 11.4 Å². The molecule has 3 aromatic carbocycles. The number of ether oxygens (including phenoxy) is 3. The van der Waals surface area contributed by atoms with Crippen molar-refractivity contribution in [3.05, 3.63) is 77.3 Å². The molecule has 0 fully saturated rings. The standard InChI is InChI=1S/C28H29ClN2O5/c1-28(2,3)19-4-9-22(10-5-19)34-15-14-31-24-16-21(8-13-25(24)36-18-27(31)33)30-26(32)17-35-23-11-6-20(29)7-12-23/h4-13,16H,14-15,17-18H2,1-3H3,(H,30,32). The van der Waals surface area contributed by atoms with Crippen LogP contribution in [0.1, 0.15) is 26.3 Å². The van der Waals surface area contributed by atoms with E-state index in [-0.39, 0.29) is 30.4 Å². The van der Waals surface area contributed by atoms with Crippen LogP contribution in [0, 0.1) is 0 Å². The fraction of sp³-hybridized carbons (Fsp3) is 0.286. The van der Waals surface area contributed by atoms with Gasteiger partial charge in [-0.05, 0) is 65.6 Å². The molecule has 0 spiro atoms. The minimum atomic E-state index is -0.332. The molecular formula is C28H29ClN2O5. The van der Waals surface area contributed by atoms with Crippen LogP contribution in [0.25, 0.3) is 0 Å². The first-order valence-electron chi connectivity index (χ1n) is 11.7. The third-order valence-electron chi connectivity index (χ3n) is 5.67. The Morgan fingerprint density at radius 2 is 1.67 bits per heavy atom. The van der Waals surface area contributed by atoms with E-state index >= 15 is 0 Å². The lowest BCUT2D eigenvalue weighted by molar-refractivity contribution is -0.121. The molecule has 0 radical (unpaired) electrons. The number of nitrogens with zero attached hydrogens (tertiary/aromatic N) is 1. The number of halogens is 1. The Bertz CT molecular complexity index is 1220. The summed E-state index contributed by atoms with van der Waals surface area (Å²) < 4.78 is 16.9. The Morgan fingerprint density at radius 1 is 1.00 bits per heavy atom. The summed E-state index contributed by atoms with van der Waals surface area (Å²) >= 11 is 5.86. The van der Waals surface area contributed by atoms with Gasteiger partial charge in [0.2, 0.25) is 0 Å². The quantitative estimate of drug-likeness (QED) is 0.437. The fourth-order valence-electron chi connectivity index (χ4n) is 3.71. The van der Waals surface area contributed by atoms with Crippen molar-refractivity contribution in [3.8, 4) is 17.2 Å². The fourth-order valence-corrected chi connectivity index (χ4v) is 3.83. The molecule has 8 heteroatoms. The van der Waals surface area contributed by atoms with E-state index in [1.54, 1.807) is 47.4 Å². The monoisotopic (exact) mass is 508 g/mol. The molecule has 1 heterocycles. The van der Waals surface area contributed by atoms with Crippen molar-refractivity contribution in [2.24, 2.45) is 0 Å². The van der Waals surface area contributed by atoms with Gasteiger partial charge in [0, 0.05) is 10.7 Å². The van der Waals surface area contributed by atoms with E-state index in [1.165, 1.54) is 5.56 Å². The first kappa shape index (κ1) is 25.4. The van der Waals surface area contributed by atoms with Crippen molar-refractivity contribution >= 4 is 34.8 Å². The van der Waals surface area contributed by atoms with Crippen molar-refractivity contribution in [3.63, 3.8) is 0 Å². The van der Waals surface area contributed by atoms with Gasteiger partial charge in [-0.3, -0.25) is 9.59 Å². The topological polar surface area (TPSA) is 77.1 Å². The summed E-state index contributed by atoms with van der Waals surface area (Å²) in [4.78, 5) is 26.6. The summed E-state index contributed by atoms with van der Waals surface area (Å²) in [6.07, 6.45) is 0. The highest BCUT2D eigenvalue weighted by molar-refractivity contribution is 6.30. The van der Waals surface area contributed by atoms with Gasteiger partial charge in [0.05, 0.1) is 12.2 Å². The summed E-state index contributed by atoms with van der Waals surface area (Å²) in [6, 6.07) is 19.9. The molecule has 0 saturated carbocycles. The molecule has 0 bridgehead atoms. The zero-order valence-electron chi connectivity index (χ0n) is 20.5. The molecule has 0 aliphatic carbocycles. The van der Waals surface area contributed by atoms with Crippen LogP contribution < -0.4 is 24.4 Å². The van der Waals surface area contributed by atoms with E-state index in [2.05, 4.69) is 38.2 Å². The Labute approximate surface area is 215 Å². The van der Waals surface area contributed by atoms with Crippen LogP contribution in [0.5, 0.6) is 17.2 Å². The molecule has 7 nitrogen and oxygen atoms in total. The third kappa shape index (κ3) is 6.49. The highest BCUT2D eigenvalue weighted by Gasteiger charge is 2.26. The van der Waals surface area contributed by atoms with Crippen molar-refractivity contribution in [2.75, 3.05) is 36.6 Å². The van der Waals surface area contributed by atoms with Crippen LogP contribution in [0.15, 0.2) is 66.7 Å². The third-order valence-corrected chi connectivity index (χ3v) is 5.93. The Hall–Kier alpha value is -3.71. The number of nitrogens with one attached hydrogen (secondary N) is 1. The Kier molecular flexibility index (Phi) is 7.70. The number of rotatable bonds is 8. The van der Waals surface area contributed by atoms with E-state index in [0.29, 0.717) is 41.0 Å². The largest absolute Gasteiger partial charge is 0.492 e. The lowest BCUT2D eigenvalue weighted by atomic mass is 9.87. The molecule has 1 N–H and O–H groups in total. The maximum absolute atomic E-state index is 12.6. The maximum Gasteiger partial charge on any atom is 0.265 e. The highest BCUT2D eigenvalue weighted by Crippen LogP contribution is 2.34. The molecule has 4 rings (SSSR count). The zero-order valence-corrected chi connectivity index (χ0v) is 21.3. The minimum absolute atomic E-state index is 0.0477. The Balaban J connectivity index is 1.36. The van der Waals surface area contributed by atoms with Gasteiger partial charge in [-0.25, -0.2) is 0 Å². The highest BCUT2D eigenvalue weighted by atomic mass is 35.5. The van der Waals surface area contributed by atoms with Gasteiger partial charge >= 0.3 is 0 Å². The summed E-state index contributed by atoms with van der Waals surface area (Å²) in [6.45, 7) is 6.92. The Morgan fingerprint density at radius 3 is 2.36 bits per heavy atom. The predicted octanol–water partition coefficient (Wildman–Crippen LogP) is 5.46. The van der Waals surface area contributed by atoms with Gasteiger partial charge in [0.15, 0.2) is 13.2 Å². The first-order valence-corrected chi connectivity index (χ1v) is 12.1. The number of anilines is 2. The van der Waals surface area contributed by atoms with Gasteiger partial charge in [-0.2, -0.15) is 0 Å². The number of fused-ring (bicyclic) bond motifs is 1. The number of hydrogen-bond acceptors (Lipinski definition) is 5. The van der Waals surface area contributed by atoms with Gasteiger partial charge in [0.1, 0.15) is 23.9 Å². The molecule has 0 atom stereocenters. The van der Waals surface area contributed by atoms with Gasteiger partial charge in [0.25, 0.3) is 11.8 Å². The molecule has 0 aromatic heterocycles. The molecule has 188 valence electrons. The summed E-state index contributed by atoms with van der Waals surface area (Å²) in [5, 5.41) is 3.38. The second-order valence-corrected chi connectivity index (χ2v) is 9.87. The maximum atomic E-state index is 12.6. The van der Waals surface area contributed by atoms with E-state index < -0.39 is 0 Å². The van der Waals surface area contributed by atoms with Crippen molar-refractivity contribution in [2.45, 2.75) is 26.2 Å². The molecule has 0 unspecified atom stereocenters. The lowest BCUT2D eigenvalue weighted by Crippen LogP contribution is -2.41. The van der Waals surface area contributed by atoms with Gasteiger partial charge in [-0.15, -0.1) is 0 Å². The molecule has 1 aliphatic heterocycles. The summed E-state index contributed by atoms with van der Waals surface area (Å²) in [7, 11) is 0. The lowest BCUT2D eigenvalue weighted by Gasteiger charge is -2.29. The molecule has 36 heavy (non-hydrogen) atoms. The number of hydrogen-bond donors (Lipinski definition) is 1. The molecular weight excluding hydrogens is 480 g/mol. The average Bonchev–Trinajstić information content (AvgIpc) is 2.85. The number of carbonyl (C=O) groups is 2. The average molecular weight is 509 g/mol. The minimum Gasteiger partial charge on any atom is -0.492 e. The van der Waals surface area contributed by atoms with Crippen LogP contribution in [0.2, 0.25) is 5.02 Å². The SMILES string of the molecule is CC(C)(C)c1ccc(OCCN2C(=O)COc3ccc(NC(=O)COc4ccc(Cl)cc4)cc32)cc1. The van der Waals surface area contributed by atoms with E-state index in [4.69, 9.17) is 25.8 Å². The van der Waals surface area contributed by atoms with Crippen LogP contribution >= 0.6 is 11.6 Å². The summed E-state index contributed by atoms with van der Waals surface area (Å²) in [5.74, 6) is 1.34. The molecule has 1 aliphatic rings. The first-order chi connectivity index (χ1) is 17.2. The normalized spacial score (nSPS) is 13.0. The number of carbonyl (C=O) groups excluding carboxylic acids is 2. The van der Waals surface area contributed by atoms with Gasteiger partial charge < -0.3 is 24.4 Å². The number of amides is 2. The van der Waals surface area contributed by atoms with E-state index in [0.717, 1.165) is 5.75 Å². The second kappa shape index (κ2) is 10.9. The smallest absolute Gasteiger partial charge is 0.265 e. The van der Waals surface area contributed by atoms with Crippen molar-refractivity contribution in [1.82, 2.24) is 0 Å². The number of benzene rings is 3. The second-order valence-electron chi connectivity index (χ2n) is 9.43. The van der Waals surface area contributed by atoms with E-state index in [1.807, 2.05) is 12.1 Å². The van der Waals surface area contributed by atoms with E-state index in [9.17, 15) is 9.59 Å². The summed E-state index contributed by atoms with van der Waals surface area (Å²) in [5.41, 5.74) is 2.40. The molecule has 2 amide bonds. The molecule has 3 aromatic rings. The predicted molar refractivity (Wildman–Crippen MR) is 141 cm³/mol. The van der Waals surface area contributed by atoms with Gasteiger partial charge in [-0.1, -0.05) is 44.5 Å². The van der Waals surface area contributed by atoms with Crippen LogP contribution in [-0.4, -0.2) is 38.2 Å². The zero-order chi connectivity index (χ0) is 25.7. The van der Waals surface area contributed by atoms with Crippen LogP contribution in [0.3, 0.4) is 0 Å². The molecule has 0 saturated heterocycles. The van der Waals surface area contributed by atoms with Crippen molar-refractivity contribution in [1.29, 1.82) is 0 Å². The van der Waals surface area contributed by atoms with Crippen LogP contribution in [-0.2, 0) is 15.0 Å². The van der Waals surface area contributed by atoms with Crippen molar-refractivity contribution < 1.29 is 23.8 Å².